The van der Waals surface area contributed by atoms with Crippen LogP contribution >= 0.6 is 11.8 Å². The molecule has 0 heterocycles. The second kappa shape index (κ2) is 8.81. The number of thioether (sulfide) groups is 1. The van der Waals surface area contributed by atoms with Crippen LogP contribution in [0.4, 0.5) is 5.69 Å². The van der Waals surface area contributed by atoms with E-state index in [0.717, 1.165) is 22.2 Å². The Hall–Kier alpha value is -2.91. The molecule has 6 heteroatoms. The van der Waals surface area contributed by atoms with Gasteiger partial charge in [-0.1, -0.05) is 6.07 Å². The third-order valence-corrected chi connectivity index (χ3v) is 4.02. The molecule has 2 aromatic rings. The predicted molar refractivity (Wildman–Crippen MR) is 99.7 cm³/mol. The number of hydrogen-bond acceptors (Lipinski definition) is 5. The minimum atomic E-state index is -0.199. The Morgan fingerprint density at radius 1 is 1.12 bits per heavy atom. The van der Waals surface area contributed by atoms with Crippen LogP contribution in [0.3, 0.4) is 0 Å². The highest BCUT2D eigenvalue weighted by molar-refractivity contribution is 8.03. The molecule has 5 nitrogen and oxygen atoms in total. The number of nitrogens with zero attached hydrogens (tertiary/aromatic N) is 1. The number of nitriles is 1. The molecule has 0 aromatic heterocycles. The number of carbonyl (C=O) groups is 1. The van der Waals surface area contributed by atoms with Crippen molar-refractivity contribution in [3.8, 4) is 16.9 Å². The van der Waals surface area contributed by atoms with E-state index in [4.69, 9.17) is 14.7 Å². The van der Waals surface area contributed by atoms with Crippen molar-refractivity contribution < 1.29 is 14.3 Å². The molecular formula is C19H18N2O3S. The summed E-state index contributed by atoms with van der Waals surface area (Å²) in [4.78, 5) is 13.1. The van der Waals surface area contributed by atoms with Crippen LogP contribution in [0.5, 0.6) is 11.5 Å². The van der Waals surface area contributed by atoms with Gasteiger partial charge in [-0.3, -0.25) is 4.79 Å². The normalized spacial score (nSPS) is 10.7. The summed E-state index contributed by atoms with van der Waals surface area (Å²) in [6.45, 7) is 1.74. The Morgan fingerprint density at radius 2 is 1.80 bits per heavy atom. The molecule has 0 aliphatic rings. The van der Waals surface area contributed by atoms with Crippen LogP contribution in [0.25, 0.3) is 6.08 Å². The SMILES string of the molecule is COc1ccc(/C=C(\C)C(=O)Nc2ccc(SC#N)cc2)cc1OC. The van der Waals surface area contributed by atoms with E-state index < -0.39 is 0 Å². The summed E-state index contributed by atoms with van der Waals surface area (Å²) in [7, 11) is 3.14. The molecular weight excluding hydrogens is 336 g/mol. The summed E-state index contributed by atoms with van der Waals surface area (Å²) in [5.41, 5.74) is 2.07. The Balaban J connectivity index is 2.11. The molecule has 0 unspecified atom stereocenters. The van der Waals surface area contributed by atoms with Gasteiger partial charge in [0.05, 0.1) is 14.2 Å². The average molecular weight is 354 g/mol. The molecule has 0 atom stereocenters. The maximum Gasteiger partial charge on any atom is 0.251 e. The molecule has 2 rings (SSSR count). The number of benzene rings is 2. The van der Waals surface area contributed by atoms with E-state index in [1.165, 1.54) is 0 Å². The molecule has 25 heavy (non-hydrogen) atoms. The predicted octanol–water partition coefficient (Wildman–Crippen LogP) is 4.32. The van der Waals surface area contributed by atoms with Crippen molar-refractivity contribution >= 4 is 29.4 Å². The molecule has 128 valence electrons. The third-order valence-electron chi connectivity index (χ3n) is 3.42. The van der Waals surface area contributed by atoms with E-state index in [9.17, 15) is 4.79 Å². The Bertz CT molecular complexity index is 824. The number of ether oxygens (including phenoxy) is 2. The lowest BCUT2D eigenvalue weighted by Crippen LogP contribution is -2.12. The summed E-state index contributed by atoms with van der Waals surface area (Å²) in [5, 5.41) is 13.5. The van der Waals surface area contributed by atoms with Crippen LogP contribution in [0.15, 0.2) is 52.9 Å². The summed E-state index contributed by atoms with van der Waals surface area (Å²) >= 11 is 1.08. The average Bonchev–Trinajstić information content (AvgIpc) is 2.63. The van der Waals surface area contributed by atoms with E-state index in [0.29, 0.717) is 22.8 Å². The molecule has 0 radical (unpaired) electrons. The number of rotatable bonds is 6. The Labute approximate surface area is 151 Å². The van der Waals surface area contributed by atoms with Crippen molar-refractivity contribution in [2.45, 2.75) is 11.8 Å². The number of anilines is 1. The number of amides is 1. The molecule has 0 fully saturated rings. The fourth-order valence-corrected chi connectivity index (χ4v) is 2.52. The largest absolute Gasteiger partial charge is 0.493 e. The van der Waals surface area contributed by atoms with Crippen LogP contribution in [-0.4, -0.2) is 20.1 Å². The minimum Gasteiger partial charge on any atom is -0.493 e. The van der Waals surface area contributed by atoms with E-state index in [1.54, 1.807) is 57.6 Å². The van der Waals surface area contributed by atoms with E-state index in [1.807, 2.05) is 17.5 Å². The van der Waals surface area contributed by atoms with Gasteiger partial charge < -0.3 is 14.8 Å². The van der Waals surface area contributed by atoms with Crippen LogP contribution in [0, 0.1) is 10.7 Å². The smallest absolute Gasteiger partial charge is 0.251 e. The number of methoxy groups -OCH3 is 2. The fourth-order valence-electron chi connectivity index (χ4n) is 2.15. The first-order valence-electron chi connectivity index (χ1n) is 7.45. The number of hydrogen-bond donors (Lipinski definition) is 1. The van der Waals surface area contributed by atoms with Gasteiger partial charge in [0.25, 0.3) is 5.91 Å². The Morgan fingerprint density at radius 3 is 2.40 bits per heavy atom. The highest BCUT2D eigenvalue weighted by Crippen LogP contribution is 2.28. The highest BCUT2D eigenvalue weighted by atomic mass is 32.2. The quantitative estimate of drug-likeness (QED) is 0.475. The van der Waals surface area contributed by atoms with Crippen molar-refractivity contribution in [1.29, 1.82) is 5.26 Å². The van der Waals surface area contributed by atoms with Gasteiger partial charge in [0.1, 0.15) is 5.40 Å². The first-order chi connectivity index (χ1) is 12.1. The van der Waals surface area contributed by atoms with Crippen molar-refractivity contribution in [1.82, 2.24) is 0 Å². The van der Waals surface area contributed by atoms with E-state index in [2.05, 4.69) is 5.32 Å². The topological polar surface area (TPSA) is 71.3 Å². The van der Waals surface area contributed by atoms with Gasteiger partial charge in [-0.2, -0.15) is 5.26 Å². The highest BCUT2D eigenvalue weighted by Gasteiger charge is 2.07. The molecule has 0 spiro atoms. The van der Waals surface area contributed by atoms with Crippen molar-refractivity contribution in [2.75, 3.05) is 19.5 Å². The molecule has 0 aliphatic heterocycles. The van der Waals surface area contributed by atoms with Crippen LogP contribution < -0.4 is 14.8 Å². The Kier molecular flexibility index (Phi) is 6.49. The zero-order valence-electron chi connectivity index (χ0n) is 14.2. The first kappa shape index (κ1) is 18.4. The third kappa shape index (κ3) is 5.03. The van der Waals surface area contributed by atoms with Gasteiger partial charge >= 0.3 is 0 Å². The van der Waals surface area contributed by atoms with Crippen LogP contribution in [0.2, 0.25) is 0 Å². The molecule has 1 N–H and O–H groups in total. The molecule has 0 bridgehead atoms. The van der Waals surface area contributed by atoms with Crippen molar-refractivity contribution in [3.63, 3.8) is 0 Å². The van der Waals surface area contributed by atoms with Gasteiger partial charge in [-0.25, -0.2) is 0 Å². The zero-order valence-corrected chi connectivity index (χ0v) is 15.0. The van der Waals surface area contributed by atoms with Crippen molar-refractivity contribution in [2.24, 2.45) is 0 Å². The van der Waals surface area contributed by atoms with Crippen LogP contribution in [0.1, 0.15) is 12.5 Å². The van der Waals surface area contributed by atoms with Crippen molar-refractivity contribution in [3.05, 3.63) is 53.6 Å². The maximum atomic E-state index is 12.3. The number of nitrogens with one attached hydrogen (secondary N) is 1. The summed E-state index contributed by atoms with van der Waals surface area (Å²) in [6.07, 6.45) is 1.77. The summed E-state index contributed by atoms with van der Waals surface area (Å²) < 4.78 is 10.5. The fraction of sp³-hybridized carbons (Fsp3) is 0.158. The molecule has 0 saturated carbocycles. The molecule has 0 aliphatic carbocycles. The maximum absolute atomic E-state index is 12.3. The lowest BCUT2D eigenvalue weighted by atomic mass is 10.1. The summed E-state index contributed by atoms with van der Waals surface area (Å²) in [5.74, 6) is 1.04. The van der Waals surface area contributed by atoms with E-state index >= 15 is 0 Å². The number of thiocyanates is 1. The zero-order chi connectivity index (χ0) is 18.2. The molecule has 0 saturated heterocycles. The van der Waals surface area contributed by atoms with Gasteiger partial charge in [0.2, 0.25) is 0 Å². The lowest BCUT2D eigenvalue weighted by molar-refractivity contribution is -0.112. The molecule has 1 amide bonds. The number of carbonyl (C=O) groups excluding carboxylic acids is 1. The van der Waals surface area contributed by atoms with Gasteiger partial charge in [-0.05, 0) is 66.7 Å². The lowest BCUT2D eigenvalue weighted by Gasteiger charge is -2.09. The van der Waals surface area contributed by atoms with Gasteiger partial charge in [-0.15, -0.1) is 0 Å². The second-order valence-corrected chi connectivity index (χ2v) is 5.97. The van der Waals surface area contributed by atoms with E-state index in [-0.39, 0.29) is 5.91 Å². The van der Waals surface area contributed by atoms with Gasteiger partial charge in [0.15, 0.2) is 11.5 Å². The van der Waals surface area contributed by atoms with Crippen LogP contribution in [-0.2, 0) is 4.79 Å². The minimum absolute atomic E-state index is 0.199. The summed E-state index contributed by atoms with van der Waals surface area (Å²) in [6, 6.07) is 12.6. The molecule has 2 aromatic carbocycles. The first-order valence-corrected chi connectivity index (χ1v) is 8.26. The second-order valence-electron chi connectivity index (χ2n) is 5.11. The standard InChI is InChI=1S/C19H18N2O3S/c1-13(10-14-4-9-17(23-2)18(11-14)24-3)19(22)21-15-5-7-16(8-6-15)25-12-20/h4-11H,1-3H3,(H,21,22)/b13-10+. The van der Waals surface area contributed by atoms with Gasteiger partial charge in [0, 0.05) is 16.2 Å². The monoisotopic (exact) mass is 354 g/mol.